The van der Waals surface area contributed by atoms with Gasteiger partial charge in [-0.3, -0.25) is 9.59 Å². The Hall–Kier alpha value is -2.59. The number of benzene rings is 1. The van der Waals surface area contributed by atoms with Crippen LogP contribution in [0.4, 0.5) is 4.79 Å². The van der Waals surface area contributed by atoms with Gasteiger partial charge in [-0.05, 0) is 44.6 Å². The summed E-state index contributed by atoms with van der Waals surface area (Å²) in [5.41, 5.74) is 8.22. The molecular formula is C21H32BN3O6. The minimum atomic E-state index is -1.61. The molecule has 31 heavy (non-hydrogen) atoms. The van der Waals surface area contributed by atoms with E-state index in [1.165, 1.54) is 12.1 Å². The molecular weight excluding hydrogens is 401 g/mol. The van der Waals surface area contributed by atoms with Crippen molar-refractivity contribution in [2.24, 2.45) is 11.7 Å². The van der Waals surface area contributed by atoms with Crippen molar-refractivity contribution >= 4 is 30.5 Å². The van der Waals surface area contributed by atoms with Gasteiger partial charge in [0, 0.05) is 12.3 Å². The Labute approximate surface area is 183 Å². The minimum absolute atomic E-state index is 0.0470. The number of rotatable bonds is 6. The van der Waals surface area contributed by atoms with Gasteiger partial charge in [0.15, 0.2) is 0 Å². The largest absolute Gasteiger partial charge is 0.488 e. The predicted molar refractivity (Wildman–Crippen MR) is 116 cm³/mol. The normalized spacial score (nSPS) is 15.6. The molecule has 9 nitrogen and oxygen atoms in total. The third kappa shape index (κ3) is 7.55. The lowest BCUT2D eigenvalue weighted by Crippen LogP contribution is -2.59. The number of carbonyl (C=O) groups is 3. The number of hydrazine groups is 1. The van der Waals surface area contributed by atoms with Crippen LogP contribution in [0, 0.1) is 5.92 Å². The monoisotopic (exact) mass is 433 g/mol. The summed E-state index contributed by atoms with van der Waals surface area (Å²) >= 11 is 0. The van der Waals surface area contributed by atoms with Gasteiger partial charge in [-0.15, -0.1) is 0 Å². The van der Waals surface area contributed by atoms with Crippen LogP contribution in [0.2, 0.25) is 0 Å². The Balaban J connectivity index is 2.28. The number of carbonyl (C=O) groups excluding carboxylic acids is 3. The number of primary amides is 1. The fraction of sp³-hybridized carbons (Fsp3) is 0.571. The molecule has 1 fully saturated rings. The summed E-state index contributed by atoms with van der Waals surface area (Å²) in [6, 6.07) is 5.11. The first-order valence-electron chi connectivity index (χ1n) is 10.5. The number of hydrogen-bond donors (Lipinski definition) is 4. The van der Waals surface area contributed by atoms with Crippen LogP contribution in [0.15, 0.2) is 24.3 Å². The highest BCUT2D eigenvalue weighted by Crippen LogP contribution is 2.26. The van der Waals surface area contributed by atoms with Crippen LogP contribution in [0.5, 0.6) is 0 Å². The van der Waals surface area contributed by atoms with Gasteiger partial charge in [-0.1, -0.05) is 43.5 Å². The topological polar surface area (TPSA) is 142 Å². The van der Waals surface area contributed by atoms with Gasteiger partial charge in [0.1, 0.15) is 11.6 Å². The summed E-state index contributed by atoms with van der Waals surface area (Å²) in [6.07, 6.45) is 3.42. The average Bonchev–Trinajstić information content (AvgIpc) is 2.69. The van der Waals surface area contributed by atoms with Crippen molar-refractivity contribution in [2.45, 2.75) is 70.9 Å². The van der Waals surface area contributed by atoms with Crippen molar-refractivity contribution in [3.8, 4) is 0 Å². The summed E-state index contributed by atoms with van der Waals surface area (Å²) < 4.78 is 5.28. The van der Waals surface area contributed by atoms with E-state index in [0.29, 0.717) is 23.9 Å². The SMILES string of the molecule is CC(C)(C)OC(=O)NN(C(=O)C1CCCCC1)[C@@H](Cc1ccc(B(O)O)cc1)C(N)=O. The standard InChI is InChI=1S/C21H32BN3O6/c1-21(2,3)31-20(28)24-25(19(27)15-7-5-4-6-8-15)17(18(23)26)13-14-9-11-16(12-10-14)22(29)30/h9-12,15,17,29-30H,4-8,13H2,1-3H3,(H2,23,26)(H,24,28)/t17-/m0/s1. The zero-order chi connectivity index (χ0) is 23.2. The number of nitrogens with one attached hydrogen (secondary N) is 1. The van der Waals surface area contributed by atoms with E-state index >= 15 is 0 Å². The molecule has 0 aliphatic heterocycles. The van der Waals surface area contributed by atoms with Gasteiger partial charge in [0.2, 0.25) is 11.8 Å². The van der Waals surface area contributed by atoms with E-state index in [1.807, 2.05) is 0 Å². The highest BCUT2D eigenvalue weighted by atomic mass is 16.6. The van der Waals surface area contributed by atoms with Crippen molar-refractivity contribution in [2.75, 3.05) is 0 Å². The lowest BCUT2D eigenvalue weighted by molar-refractivity contribution is -0.147. The first-order valence-corrected chi connectivity index (χ1v) is 10.5. The summed E-state index contributed by atoms with van der Waals surface area (Å²) in [5.74, 6) is -1.44. The van der Waals surface area contributed by atoms with Crippen molar-refractivity contribution in [1.29, 1.82) is 0 Å². The highest BCUT2D eigenvalue weighted by molar-refractivity contribution is 6.58. The van der Waals surface area contributed by atoms with Gasteiger partial charge in [-0.25, -0.2) is 15.2 Å². The Morgan fingerprint density at radius 3 is 2.23 bits per heavy atom. The molecule has 0 spiro atoms. The molecule has 0 saturated heterocycles. The van der Waals surface area contributed by atoms with Gasteiger partial charge < -0.3 is 20.5 Å². The van der Waals surface area contributed by atoms with Gasteiger partial charge >= 0.3 is 13.2 Å². The molecule has 1 aliphatic carbocycles. The van der Waals surface area contributed by atoms with E-state index in [-0.39, 0.29) is 18.2 Å². The summed E-state index contributed by atoms with van der Waals surface area (Å²) in [4.78, 5) is 38.0. The molecule has 1 saturated carbocycles. The molecule has 0 heterocycles. The predicted octanol–water partition coefficient (Wildman–Crippen LogP) is 0.611. The zero-order valence-electron chi connectivity index (χ0n) is 18.3. The Kier molecular flexibility index (Phi) is 8.47. The number of hydrogen-bond acceptors (Lipinski definition) is 6. The van der Waals surface area contributed by atoms with Crippen molar-refractivity contribution in [3.63, 3.8) is 0 Å². The van der Waals surface area contributed by atoms with Crippen LogP contribution in [0.25, 0.3) is 0 Å². The van der Waals surface area contributed by atoms with Crippen LogP contribution in [-0.2, 0) is 20.7 Å². The molecule has 170 valence electrons. The molecule has 10 heteroatoms. The quantitative estimate of drug-likeness (QED) is 0.383. The lowest BCUT2D eigenvalue weighted by Gasteiger charge is -2.34. The second-order valence-corrected chi connectivity index (χ2v) is 8.89. The molecule has 3 amide bonds. The fourth-order valence-corrected chi connectivity index (χ4v) is 3.60. The second kappa shape index (κ2) is 10.6. The molecule has 5 N–H and O–H groups in total. The Morgan fingerprint density at radius 1 is 1.16 bits per heavy atom. The number of nitrogens with two attached hydrogens (primary N) is 1. The molecule has 2 rings (SSSR count). The van der Waals surface area contributed by atoms with Crippen molar-refractivity contribution < 1.29 is 29.2 Å². The number of nitrogens with zero attached hydrogens (tertiary/aromatic N) is 1. The maximum absolute atomic E-state index is 13.3. The molecule has 0 aromatic heterocycles. The van der Waals surface area contributed by atoms with Crippen LogP contribution < -0.4 is 16.6 Å². The van der Waals surface area contributed by atoms with E-state index in [9.17, 15) is 24.4 Å². The van der Waals surface area contributed by atoms with Crippen LogP contribution in [-0.4, -0.2) is 51.7 Å². The van der Waals surface area contributed by atoms with Crippen molar-refractivity contribution in [3.05, 3.63) is 29.8 Å². The van der Waals surface area contributed by atoms with Crippen LogP contribution >= 0.6 is 0 Å². The number of amides is 3. The third-order valence-corrected chi connectivity index (χ3v) is 5.15. The van der Waals surface area contributed by atoms with Gasteiger partial charge in [-0.2, -0.15) is 0 Å². The molecule has 1 atom stereocenters. The third-order valence-electron chi connectivity index (χ3n) is 5.15. The maximum atomic E-state index is 13.3. The van der Waals surface area contributed by atoms with Gasteiger partial charge in [0.25, 0.3) is 0 Å². The van der Waals surface area contributed by atoms with Gasteiger partial charge in [0.05, 0.1) is 0 Å². The minimum Gasteiger partial charge on any atom is -0.443 e. The first kappa shape index (κ1) is 24.7. The average molecular weight is 433 g/mol. The van der Waals surface area contributed by atoms with E-state index in [0.717, 1.165) is 24.3 Å². The van der Waals surface area contributed by atoms with E-state index in [1.54, 1.807) is 32.9 Å². The van der Waals surface area contributed by atoms with Crippen LogP contribution in [0.3, 0.4) is 0 Å². The second-order valence-electron chi connectivity index (χ2n) is 8.89. The maximum Gasteiger partial charge on any atom is 0.488 e. The first-order chi connectivity index (χ1) is 14.5. The van der Waals surface area contributed by atoms with Crippen LogP contribution in [0.1, 0.15) is 58.4 Å². The Morgan fingerprint density at radius 2 is 1.74 bits per heavy atom. The number of ether oxygens (including phenoxy) is 1. The summed E-state index contributed by atoms with van der Waals surface area (Å²) in [5, 5.41) is 19.5. The zero-order valence-corrected chi connectivity index (χ0v) is 18.3. The lowest BCUT2D eigenvalue weighted by atomic mass is 9.80. The molecule has 0 bridgehead atoms. The summed E-state index contributed by atoms with van der Waals surface area (Å²) in [6.45, 7) is 5.09. The molecule has 0 unspecified atom stereocenters. The van der Waals surface area contributed by atoms with E-state index in [2.05, 4.69) is 5.43 Å². The molecule has 1 aromatic carbocycles. The Bertz CT molecular complexity index is 772. The smallest absolute Gasteiger partial charge is 0.443 e. The molecule has 0 radical (unpaired) electrons. The van der Waals surface area contributed by atoms with E-state index in [4.69, 9.17) is 10.5 Å². The molecule has 1 aromatic rings. The van der Waals surface area contributed by atoms with E-state index < -0.39 is 30.8 Å². The fourth-order valence-electron chi connectivity index (χ4n) is 3.60. The molecule has 1 aliphatic rings. The van der Waals surface area contributed by atoms with Crippen molar-refractivity contribution in [1.82, 2.24) is 10.4 Å². The summed E-state index contributed by atoms with van der Waals surface area (Å²) in [7, 11) is -1.61. The highest BCUT2D eigenvalue weighted by Gasteiger charge is 2.35.